The second-order valence-corrected chi connectivity index (χ2v) is 12.5. The van der Waals surface area contributed by atoms with Gasteiger partial charge >= 0.3 is 0 Å². The molecule has 1 fully saturated rings. The molecule has 4 aromatic rings. The molecule has 1 saturated heterocycles. The standard InChI is InChI=1S/C28H34BrN8O2P/c1-17-14-22(24(38-3)15-23(17)37-12-8-18(30-2)9-13-37)35-28-33-16-19(29)27(36-28)34-21-7-6-20-25(32-11-10-31-20)26(21)39-40(4)5/h6-7,10-11,14-16,18,30H,8-9,12-13H2,1-5H3,(H2,33,34,35,36). The van der Waals surface area contributed by atoms with Crippen LogP contribution < -0.4 is 30.1 Å². The van der Waals surface area contributed by atoms with Crippen molar-refractivity contribution in [2.45, 2.75) is 25.8 Å². The smallest absolute Gasteiger partial charge is 0.229 e. The van der Waals surface area contributed by atoms with Crippen molar-refractivity contribution in [1.82, 2.24) is 25.3 Å². The number of hydrogen-bond donors (Lipinski definition) is 3. The van der Waals surface area contributed by atoms with Crippen LogP contribution in [0.2, 0.25) is 0 Å². The van der Waals surface area contributed by atoms with Crippen molar-refractivity contribution in [3.05, 3.63) is 52.9 Å². The minimum Gasteiger partial charge on any atom is -0.494 e. The molecule has 10 nitrogen and oxygen atoms in total. The number of ether oxygens (including phenoxy) is 1. The molecule has 2 aromatic carbocycles. The van der Waals surface area contributed by atoms with Crippen molar-refractivity contribution in [3.8, 4) is 11.5 Å². The van der Waals surface area contributed by atoms with Gasteiger partial charge in [-0.1, -0.05) is 0 Å². The highest BCUT2D eigenvalue weighted by Gasteiger charge is 2.21. The van der Waals surface area contributed by atoms with Crippen LogP contribution in [-0.4, -0.2) is 66.6 Å². The summed E-state index contributed by atoms with van der Waals surface area (Å²) in [7, 11) is 3.03. The maximum Gasteiger partial charge on any atom is 0.229 e. The predicted octanol–water partition coefficient (Wildman–Crippen LogP) is 6.21. The van der Waals surface area contributed by atoms with Crippen LogP contribution in [0.25, 0.3) is 11.0 Å². The quantitative estimate of drug-likeness (QED) is 0.186. The molecule has 40 heavy (non-hydrogen) atoms. The van der Waals surface area contributed by atoms with E-state index in [-0.39, 0.29) is 0 Å². The molecule has 1 aliphatic rings. The molecular formula is C28H34BrN8O2P. The van der Waals surface area contributed by atoms with Crippen molar-refractivity contribution in [2.75, 3.05) is 56.1 Å². The van der Waals surface area contributed by atoms with Gasteiger partial charge in [0.25, 0.3) is 0 Å². The number of methoxy groups -OCH3 is 1. The molecule has 12 heteroatoms. The van der Waals surface area contributed by atoms with Crippen LogP contribution in [0.15, 0.2) is 47.3 Å². The zero-order valence-electron chi connectivity index (χ0n) is 23.3. The van der Waals surface area contributed by atoms with Crippen LogP contribution >= 0.6 is 24.1 Å². The maximum atomic E-state index is 6.21. The number of rotatable bonds is 9. The minimum absolute atomic E-state index is 0.433. The van der Waals surface area contributed by atoms with Crippen molar-refractivity contribution < 1.29 is 9.26 Å². The molecule has 0 atom stereocenters. The zero-order chi connectivity index (χ0) is 28.2. The fourth-order valence-electron chi connectivity index (χ4n) is 4.84. The topological polar surface area (TPSA) is 109 Å². The van der Waals surface area contributed by atoms with Crippen LogP contribution in [0.5, 0.6) is 11.5 Å². The number of nitrogens with one attached hydrogen (secondary N) is 3. The van der Waals surface area contributed by atoms with Gasteiger partial charge in [-0.25, -0.2) is 9.97 Å². The first-order chi connectivity index (χ1) is 19.4. The van der Waals surface area contributed by atoms with E-state index in [9.17, 15) is 0 Å². The Labute approximate surface area is 244 Å². The monoisotopic (exact) mass is 624 g/mol. The summed E-state index contributed by atoms with van der Waals surface area (Å²) in [5.41, 5.74) is 5.36. The number of fused-ring (bicyclic) bond motifs is 1. The van der Waals surface area contributed by atoms with Gasteiger partial charge in [0.05, 0.1) is 36.6 Å². The molecule has 3 heterocycles. The Balaban J connectivity index is 1.41. The molecule has 0 unspecified atom stereocenters. The first-order valence-corrected chi connectivity index (χ1v) is 16.1. The first kappa shape index (κ1) is 28.3. The van der Waals surface area contributed by atoms with Crippen molar-refractivity contribution >= 4 is 63.9 Å². The average Bonchev–Trinajstić information content (AvgIpc) is 2.96. The van der Waals surface area contributed by atoms with E-state index >= 15 is 0 Å². The van der Waals surface area contributed by atoms with Gasteiger partial charge in [0.1, 0.15) is 17.1 Å². The van der Waals surface area contributed by atoms with Crippen molar-refractivity contribution in [2.24, 2.45) is 0 Å². The number of nitrogens with zero attached hydrogens (tertiary/aromatic N) is 5. The number of piperidine rings is 1. The van der Waals surface area contributed by atoms with E-state index in [1.54, 1.807) is 25.7 Å². The van der Waals surface area contributed by atoms with Crippen molar-refractivity contribution in [3.63, 3.8) is 0 Å². The third-order valence-electron chi connectivity index (χ3n) is 6.87. The minimum atomic E-state index is -0.693. The Bertz CT molecular complexity index is 1500. The van der Waals surface area contributed by atoms with Gasteiger partial charge in [0.2, 0.25) is 5.95 Å². The van der Waals surface area contributed by atoms with Gasteiger partial charge in [-0.05, 0) is 79.8 Å². The summed E-state index contributed by atoms with van der Waals surface area (Å²) in [6.07, 6.45) is 7.30. The largest absolute Gasteiger partial charge is 0.494 e. The number of anilines is 5. The summed E-state index contributed by atoms with van der Waals surface area (Å²) in [5, 5.41) is 10.2. The normalized spacial score (nSPS) is 14.0. The Morgan fingerprint density at radius 2 is 1.80 bits per heavy atom. The lowest BCUT2D eigenvalue weighted by molar-refractivity contribution is 0.415. The first-order valence-electron chi connectivity index (χ1n) is 13.1. The van der Waals surface area contributed by atoms with E-state index in [0.29, 0.717) is 33.5 Å². The van der Waals surface area contributed by atoms with Crippen LogP contribution in [0.3, 0.4) is 0 Å². The maximum absolute atomic E-state index is 6.21. The van der Waals surface area contributed by atoms with Gasteiger partial charge in [0.15, 0.2) is 5.75 Å². The third-order valence-corrected chi connectivity index (χ3v) is 8.00. The van der Waals surface area contributed by atoms with Crippen LogP contribution in [-0.2, 0) is 0 Å². The molecule has 210 valence electrons. The second-order valence-electron chi connectivity index (χ2n) is 9.80. The zero-order valence-corrected chi connectivity index (χ0v) is 25.8. The number of hydrogen-bond acceptors (Lipinski definition) is 10. The number of aromatic nitrogens is 4. The lowest BCUT2D eigenvalue weighted by Gasteiger charge is -2.34. The third kappa shape index (κ3) is 6.22. The number of aryl methyl sites for hydroxylation is 1. The molecule has 2 aromatic heterocycles. The highest BCUT2D eigenvalue weighted by atomic mass is 79.9. The van der Waals surface area contributed by atoms with Gasteiger partial charge in [0, 0.05) is 49.5 Å². The average molecular weight is 626 g/mol. The van der Waals surface area contributed by atoms with Crippen LogP contribution in [0, 0.1) is 6.92 Å². The molecule has 5 rings (SSSR count). The lowest BCUT2D eigenvalue weighted by Crippen LogP contribution is -2.41. The Hall–Kier alpha value is -3.27. The molecule has 0 saturated carbocycles. The number of halogens is 1. The SMILES string of the molecule is CNC1CCN(c2cc(OC)c(Nc3ncc(Br)c(Nc4ccc5nccnc5c4OP(C)C)n3)cc2C)CC1. The molecule has 0 radical (unpaired) electrons. The van der Waals surface area contributed by atoms with Crippen LogP contribution in [0.4, 0.5) is 28.8 Å². The Morgan fingerprint density at radius 1 is 1.02 bits per heavy atom. The lowest BCUT2D eigenvalue weighted by atomic mass is 10.0. The summed E-state index contributed by atoms with van der Waals surface area (Å²) >= 11 is 3.59. The summed E-state index contributed by atoms with van der Waals surface area (Å²) in [6, 6.07) is 8.61. The molecular weight excluding hydrogens is 591 g/mol. The van der Waals surface area contributed by atoms with Crippen LogP contribution in [0.1, 0.15) is 18.4 Å². The number of benzene rings is 2. The van der Waals surface area contributed by atoms with Crippen molar-refractivity contribution in [1.29, 1.82) is 0 Å². The van der Waals surface area contributed by atoms with E-state index in [1.807, 2.05) is 32.5 Å². The summed E-state index contributed by atoms with van der Waals surface area (Å²) in [4.78, 5) is 20.6. The Morgan fingerprint density at radius 3 is 2.52 bits per heavy atom. The van der Waals surface area contributed by atoms with Gasteiger partial charge in [-0.3, -0.25) is 4.98 Å². The van der Waals surface area contributed by atoms with Gasteiger partial charge in [-0.15, -0.1) is 0 Å². The molecule has 3 N–H and O–H groups in total. The summed E-state index contributed by atoms with van der Waals surface area (Å²) in [5.74, 6) is 2.40. The van der Waals surface area contributed by atoms with E-state index in [4.69, 9.17) is 14.2 Å². The molecule has 0 amide bonds. The fraction of sp³-hybridized carbons (Fsp3) is 0.357. The highest BCUT2D eigenvalue weighted by molar-refractivity contribution is 9.10. The summed E-state index contributed by atoms with van der Waals surface area (Å²) in [6.45, 7) is 8.23. The van der Waals surface area contributed by atoms with E-state index in [2.05, 4.69) is 70.8 Å². The second kappa shape index (κ2) is 12.5. The highest BCUT2D eigenvalue weighted by Crippen LogP contribution is 2.41. The van der Waals surface area contributed by atoms with E-state index in [0.717, 1.165) is 54.1 Å². The molecule has 1 aliphatic heterocycles. The summed E-state index contributed by atoms with van der Waals surface area (Å²) < 4.78 is 12.7. The predicted molar refractivity (Wildman–Crippen MR) is 167 cm³/mol. The van der Waals surface area contributed by atoms with E-state index < -0.39 is 8.15 Å². The molecule has 0 spiro atoms. The fourth-order valence-corrected chi connectivity index (χ4v) is 5.68. The Kier molecular flexibility index (Phi) is 8.83. The molecule has 0 bridgehead atoms. The van der Waals surface area contributed by atoms with Gasteiger partial charge < -0.3 is 30.1 Å². The molecule has 0 aliphatic carbocycles. The van der Waals surface area contributed by atoms with E-state index in [1.165, 1.54) is 5.69 Å². The van der Waals surface area contributed by atoms with Gasteiger partial charge in [-0.2, -0.15) is 4.98 Å².